The molecule has 0 unspecified atom stereocenters. The predicted octanol–water partition coefficient (Wildman–Crippen LogP) is 3.39. The second-order valence-corrected chi connectivity index (χ2v) is 6.02. The van der Waals surface area contributed by atoms with Gasteiger partial charge in [-0.3, -0.25) is 10.1 Å². The number of nitrogens with one attached hydrogen (secondary N) is 2. The predicted molar refractivity (Wildman–Crippen MR) is 104 cm³/mol. The lowest BCUT2D eigenvalue weighted by Crippen LogP contribution is -2.34. The minimum atomic E-state index is -0.502. The number of para-hydroxylation sites is 2. The molecule has 0 aliphatic carbocycles. The van der Waals surface area contributed by atoms with E-state index in [0.29, 0.717) is 22.6 Å². The third-order valence-electron chi connectivity index (χ3n) is 3.30. The molecule has 0 aliphatic rings. The van der Waals surface area contributed by atoms with Crippen molar-refractivity contribution in [2.24, 2.45) is 0 Å². The Labute approximate surface area is 157 Å². The number of thiocarbonyl (C=S) groups is 1. The number of rotatable bonds is 5. The van der Waals surface area contributed by atoms with Gasteiger partial charge in [-0.2, -0.15) is 0 Å². The first-order chi connectivity index (χ1) is 12.4. The number of esters is 1. The molecule has 2 N–H and O–H groups in total. The van der Waals surface area contributed by atoms with Gasteiger partial charge in [0.25, 0.3) is 5.91 Å². The molecule has 1 amide bonds. The van der Waals surface area contributed by atoms with Crippen LogP contribution in [0.4, 0.5) is 5.69 Å². The summed E-state index contributed by atoms with van der Waals surface area (Å²) in [6, 6.07) is 13.6. The summed E-state index contributed by atoms with van der Waals surface area (Å²) >= 11 is 5.19. The van der Waals surface area contributed by atoms with Crippen LogP contribution in [0.15, 0.2) is 48.5 Å². The maximum atomic E-state index is 12.5. The van der Waals surface area contributed by atoms with E-state index in [1.165, 1.54) is 7.11 Å². The van der Waals surface area contributed by atoms with E-state index >= 15 is 0 Å². The van der Waals surface area contributed by atoms with Crippen molar-refractivity contribution in [3.05, 3.63) is 59.7 Å². The maximum absolute atomic E-state index is 12.5. The normalized spacial score (nSPS) is 10.2. The Morgan fingerprint density at radius 3 is 2.27 bits per heavy atom. The smallest absolute Gasteiger partial charge is 0.339 e. The Morgan fingerprint density at radius 1 is 1.00 bits per heavy atom. The summed E-state index contributed by atoms with van der Waals surface area (Å²) < 4.78 is 10.4. The minimum Gasteiger partial charge on any atom is -0.490 e. The van der Waals surface area contributed by atoms with Gasteiger partial charge in [-0.05, 0) is 50.3 Å². The van der Waals surface area contributed by atoms with Crippen molar-refractivity contribution < 1.29 is 19.1 Å². The molecule has 0 radical (unpaired) electrons. The van der Waals surface area contributed by atoms with Crippen molar-refractivity contribution in [2.75, 3.05) is 12.4 Å². The number of ether oxygens (including phenoxy) is 2. The van der Waals surface area contributed by atoms with E-state index in [1.54, 1.807) is 48.5 Å². The van der Waals surface area contributed by atoms with Gasteiger partial charge < -0.3 is 14.8 Å². The van der Waals surface area contributed by atoms with Gasteiger partial charge in [0.1, 0.15) is 5.75 Å². The summed E-state index contributed by atoms with van der Waals surface area (Å²) in [4.78, 5) is 24.3. The number of anilines is 1. The summed E-state index contributed by atoms with van der Waals surface area (Å²) in [6.07, 6.45) is -0.0686. The van der Waals surface area contributed by atoms with Crippen LogP contribution in [0.25, 0.3) is 0 Å². The van der Waals surface area contributed by atoms with Crippen molar-refractivity contribution in [3.8, 4) is 5.75 Å². The van der Waals surface area contributed by atoms with Crippen molar-refractivity contribution in [2.45, 2.75) is 20.0 Å². The fourth-order valence-corrected chi connectivity index (χ4v) is 2.42. The van der Waals surface area contributed by atoms with Crippen LogP contribution in [0, 0.1) is 0 Å². The summed E-state index contributed by atoms with van der Waals surface area (Å²) in [5.41, 5.74) is 1.12. The van der Waals surface area contributed by atoms with Crippen molar-refractivity contribution >= 4 is 34.9 Å². The molecule has 0 fully saturated rings. The van der Waals surface area contributed by atoms with Gasteiger partial charge in [0.2, 0.25) is 0 Å². The first-order valence-electron chi connectivity index (χ1n) is 7.97. The molecule has 6 nitrogen and oxygen atoms in total. The lowest BCUT2D eigenvalue weighted by atomic mass is 10.2. The van der Waals surface area contributed by atoms with Crippen molar-refractivity contribution in [1.29, 1.82) is 0 Å². The highest BCUT2D eigenvalue weighted by atomic mass is 32.1. The molecule has 0 saturated heterocycles. The summed E-state index contributed by atoms with van der Waals surface area (Å²) in [6.45, 7) is 3.76. The number of carbonyl (C=O) groups is 2. The molecule has 0 saturated carbocycles. The highest BCUT2D eigenvalue weighted by Crippen LogP contribution is 2.20. The zero-order valence-corrected chi connectivity index (χ0v) is 15.6. The van der Waals surface area contributed by atoms with Gasteiger partial charge in [0.15, 0.2) is 5.11 Å². The Hall–Kier alpha value is -2.93. The highest BCUT2D eigenvalue weighted by Gasteiger charge is 2.16. The topological polar surface area (TPSA) is 76.7 Å². The summed E-state index contributed by atoms with van der Waals surface area (Å²) in [5, 5.41) is 5.50. The molecule has 0 spiro atoms. The first kappa shape index (κ1) is 19.4. The summed E-state index contributed by atoms with van der Waals surface area (Å²) in [5.74, 6) is -0.440. The largest absolute Gasteiger partial charge is 0.490 e. The monoisotopic (exact) mass is 372 g/mol. The van der Waals surface area contributed by atoms with E-state index < -0.39 is 11.9 Å². The van der Waals surface area contributed by atoms with Gasteiger partial charge >= 0.3 is 5.97 Å². The number of carbonyl (C=O) groups excluding carboxylic acids is 2. The third kappa shape index (κ3) is 5.03. The molecule has 2 aromatic rings. The van der Waals surface area contributed by atoms with E-state index in [4.69, 9.17) is 21.7 Å². The molecule has 7 heteroatoms. The maximum Gasteiger partial charge on any atom is 0.339 e. The zero-order valence-electron chi connectivity index (χ0n) is 14.7. The molecule has 0 atom stereocenters. The highest BCUT2D eigenvalue weighted by molar-refractivity contribution is 7.80. The number of hydrogen-bond acceptors (Lipinski definition) is 5. The Kier molecular flexibility index (Phi) is 6.68. The van der Waals surface area contributed by atoms with Gasteiger partial charge in [0, 0.05) is 0 Å². The van der Waals surface area contributed by atoms with Crippen LogP contribution in [-0.2, 0) is 4.74 Å². The van der Waals surface area contributed by atoms with Crippen LogP contribution >= 0.6 is 12.2 Å². The number of amides is 1. The molecule has 2 aromatic carbocycles. The second-order valence-electron chi connectivity index (χ2n) is 5.61. The number of hydrogen-bond donors (Lipinski definition) is 2. The first-order valence-corrected chi connectivity index (χ1v) is 8.38. The van der Waals surface area contributed by atoms with Crippen LogP contribution in [0.1, 0.15) is 34.6 Å². The molecule has 0 heterocycles. The average molecular weight is 372 g/mol. The third-order valence-corrected chi connectivity index (χ3v) is 3.51. The van der Waals surface area contributed by atoms with E-state index in [9.17, 15) is 9.59 Å². The van der Waals surface area contributed by atoms with Crippen LogP contribution < -0.4 is 15.4 Å². The molecule has 0 aliphatic heterocycles. The van der Waals surface area contributed by atoms with Crippen LogP contribution in [0.5, 0.6) is 5.75 Å². The number of methoxy groups -OCH3 is 1. The second kappa shape index (κ2) is 8.96. The minimum absolute atomic E-state index is 0.0608. The Balaban J connectivity index is 2.12. The summed E-state index contributed by atoms with van der Waals surface area (Å²) in [7, 11) is 1.30. The number of benzene rings is 2. The molecule has 0 bridgehead atoms. The van der Waals surface area contributed by atoms with Crippen LogP contribution in [0.2, 0.25) is 0 Å². The fourth-order valence-electron chi connectivity index (χ4n) is 2.22. The van der Waals surface area contributed by atoms with Gasteiger partial charge in [-0.15, -0.1) is 0 Å². The van der Waals surface area contributed by atoms with E-state index in [2.05, 4.69) is 10.6 Å². The molecule has 26 heavy (non-hydrogen) atoms. The Bertz CT molecular complexity index is 821. The molecule has 0 aromatic heterocycles. The molecule has 2 rings (SSSR count). The van der Waals surface area contributed by atoms with Crippen molar-refractivity contribution in [1.82, 2.24) is 5.32 Å². The lowest BCUT2D eigenvalue weighted by molar-refractivity contribution is 0.0601. The fraction of sp³-hybridized carbons (Fsp3) is 0.211. The van der Waals surface area contributed by atoms with Crippen LogP contribution in [0.3, 0.4) is 0 Å². The van der Waals surface area contributed by atoms with Gasteiger partial charge in [-0.1, -0.05) is 24.3 Å². The molecular weight excluding hydrogens is 352 g/mol. The lowest BCUT2D eigenvalue weighted by Gasteiger charge is -2.15. The van der Waals surface area contributed by atoms with E-state index in [1.807, 2.05) is 13.8 Å². The average Bonchev–Trinajstić information content (AvgIpc) is 2.61. The van der Waals surface area contributed by atoms with Crippen molar-refractivity contribution in [3.63, 3.8) is 0 Å². The van der Waals surface area contributed by atoms with Crippen LogP contribution in [-0.4, -0.2) is 30.2 Å². The standard InChI is InChI=1S/C19H20N2O4S/c1-12(2)25-16-11-7-5-9-14(16)17(22)21-19(26)20-15-10-6-4-8-13(15)18(23)24-3/h4-12H,1-3H3,(H2,20,21,22,26). The van der Waals surface area contributed by atoms with Gasteiger partial charge in [0.05, 0.1) is 30.0 Å². The molecule has 136 valence electrons. The van der Waals surface area contributed by atoms with E-state index in [-0.39, 0.29) is 11.2 Å². The molecular formula is C19H20N2O4S. The van der Waals surface area contributed by atoms with Gasteiger partial charge in [-0.25, -0.2) is 4.79 Å². The Morgan fingerprint density at radius 2 is 1.62 bits per heavy atom. The quantitative estimate of drug-likeness (QED) is 0.619. The van der Waals surface area contributed by atoms with E-state index in [0.717, 1.165) is 0 Å². The SMILES string of the molecule is COC(=O)c1ccccc1NC(=S)NC(=O)c1ccccc1OC(C)C. The zero-order chi connectivity index (χ0) is 19.1.